The molecule has 0 N–H and O–H groups in total. The third kappa shape index (κ3) is 6.38. The monoisotopic (exact) mass is 446 g/mol. The summed E-state index contributed by atoms with van der Waals surface area (Å²) in [6, 6.07) is 8.47. The van der Waals surface area contributed by atoms with E-state index in [1.165, 1.54) is 31.4 Å². The van der Waals surface area contributed by atoms with Gasteiger partial charge in [-0.1, -0.05) is 31.0 Å². The highest BCUT2D eigenvalue weighted by atomic mass is 19.4. The van der Waals surface area contributed by atoms with E-state index in [4.69, 9.17) is 9.47 Å². The summed E-state index contributed by atoms with van der Waals surface area (Å²) in [6.07, 6.45) is -6.71. The van der Waals surface area contributed by atoms with Crippen LogP contribution in [0.25, 0.3) is 11.1 Å². The molecule has 31 heavy (non-hydrogen) atoms. The Balaban J connectivity index is 2.00. The van der Waals surface area contributed by atoms with Crippen LogP contribution in [0, 0.1) is 5.92 Å². The number of esters is 1. The third-order valence-electron chi connectivity index (χ3n) is 5.03. The van der Waals surface area contributed by atoms with Crippen molar-refractivity contribution in [1.82, 2.24) is 0 Å². The second kappa shape index (κ2) is 8.80. The molecule has 9 heteroatoms. The van der Waals surface area contributed by atoms with Gasteiger partial charge in [0.2, 0.25) is 0 Å². The number of alkyl halides is 6. The summed E-state index contributed by atoms with van der Waals surface area (Å²) in [4.78, 5) is 12.3. The fourth-order valence-electron chi connectivity index (χ4n) is 3.29. The van der Waals surface area contributed by atoms with Crippen LogP contribution in [0.1, 0.15) is 36.3 Å². The summed E-state index contributed by atoms with van der Waals surface area (Å²) in [7, 11) is 1.23. The Kier molecular flexibility index (Phi) is 6.52. The van der Waals surface area contributed by atoms with Crippen LogP contribution >= 0.6 is 0 Å². The van der Waals surface area contributed by atoms with Crippen LogP contribution in [0.5, 0.6) is 5.75 Å². The summed E-state index contributed by atoms with van der Waals surface area (Å²) in [5.41, 5.74) is 0.241. The second-order valence-corrected chi connectivity index (χ2v) is 7.52. The maximum absolute atomic E-state index is 12.8. The number of carbonyl (C=O) groups is 1. The van der Waals surface area contributed by atoms with Crippen LogP contribution in [-0.4, -0.2) is 25.9 Å². The molecule has 3 nitrogen and oxygen atoms in total. The van der Waals surface area contributed by atoms with Crippen molar-refractivity contribution in [3.8, 4) is 16.9 Å². The molecule has 0 aliphatic heterocycles. The lowest BCUT2D eigenvalue weighted by Crippen LogP contribution is -2.20. The smallest absolute Gasteiger partial charge is 0.422 e. The SMILES string of the molecule is COC(=O)C(CC1CC1)c1cc(OCC(F)(F)F)cc(-c2ccc(C(F)(F)F)cc2)c1. The average molecular weight is 446 g/mol. The van der Waals surface area contributed by atoms with Gasteiger partial charge < -0.3 is 9.47 Å². The molecule has 1 unspecified atom stereocenters. The molecule has 2 aromatic carbocycles. The van der Waals surface area contributed by atoms with Gasteiger partial charge >= 0.3 is 18.3 Å². The molecule has 0 aromatic heterocycles. The molecule has 3 rings (SSSR count). The lowest BCUT2D eigenvalue weighted by atomic mass is 9.90. The quantitative estimate of drug-likeness (QED) is 0.366. The normalized spacial score (nSPS) is 15.5. The first-order chi connectivity index (χ1) is 14.5. The lowest BCUT2D eigenvalue weighted by molar-refractivity contribution is -0.153. The standard InChI is InChI=1S/C22H20F6O3/c1-30-20(29)19(8-13-2-3-13)16-9-15(10-18(11-16)31-12-21(23,24)25)14-4-6-17(7-5-14)22(26,27)28/h4-7,9-11,13,19H,2-3,8,12H2,1H3. The van der Waals surface area contributed by atoms with E-state index >= 15 is 0 Å². The van der Waals surface area contributed by atoms with Gasteiger partial charge in [0, 0.05) is 0 Å². The molecule has 0 amide bonds. The van der Waals surface area contributed by atoms with Gasteiger partial charge in [-0.3, -0.25) is 4.79 Å². The molecule has 0 saturated heterocycles. The third-order valence-corrected chi connectivity index (χ3v) is 5.03. The molecule has 1 atom stereocenters. The summed E-state index contributed by atoms with van der Waals surface area (Å²) in [6.45, 7) is -1.53. The Labute approximate surface area is 175 Å². The zero-order chi connectivity index (χ0) is 22.8. The van der Waals surface area contributed by atoms with Crippen LogP contribution in [0.2, 0.25) is 0 Å². The van der Waals surface area contributed by atoms with Gasteiger partial charge in [0.05, 0.1) is 18.6 Å². The van der Waals surface area contributed by atoms with Crippen LogP contribution in [0.15, 0.2) is 42.5 Å². The lowest BCUT2D eigenvalue weighted by Gasteiger charge is -2.18. The van der Waals surface area contributed by atoms with Crippen LogP contribution < -0.4 is 4.74 Å². The minimum absolute atomic E-state index is 0.130. The Morgan fingerprint density at radius 2 is 1.65 bits per heavy atom. The van der Waals surface area contributed by atoms with Crippen molar-refractivity contribution in [2.75, 3.05) is 13.7 Å². The fraction of sp³-hybridized carbons (Fsp3) is 0.409. The minimum Gasteiger partial charge on any atom is -0.484 e. The van der Waals surface area contributed by atoms with E-state index < -0.39 is 36.4 Å². The van der Waals surface area contributed by atoms with E-state index in [0.717, 1.165) is 25.0 Å². The van der Waals surface area contributed by atoms with Crippen LogP contribution in [0.3, 0.4) is 0 Å². The second-order valence-electron chi connectivity index (χ2n) is 7.52. The van der Waals surface area contributed by atoms with E-state index in [1.54, 1.807) is 6.07 Å². The maximum atomic E-state index is 12.8. The van der Waals surface area contributed by atoms with E-state index in [9.17, 15) is 31.1 Å². The fourth-order valence-corrected chi connectivity index (χ4v) is 3.29. The first kappa shape index (κ1) is 23.0. The zero-order valence-electron chi connectivity index (χ0n) is 16.5. The van der Waals surface area contributed by atoms with Crippen molar-refractivity contribution in [3.05, 3.63) is 53.6 Å². The molecule has 0 bridgehead atoms. The largest absolute Gasteiger partial charge is 0.484 e. The van der Waals surface area contributed by atoms with Gasteiger partial charge in [-0.05, 0) is 53.3 Å². The summed E-state index contributed by atoms with van der Waals surface area (Å²) >= 11 is 0. The average Bonchev–Trinajstić information content (AvgIpc) is 3.53. The topological polar surface area (TPSA) is 35.5 Å². The number of ether oxygens (including phenoxy) is 2. The van der Waals surface area contributed by atoms with Crippen LogP contribution in [0.4, 0.5) is 26.3 Å². The van der Waals surface area contributed by atoms with Gasteiger partial charge in [-0.2, -0.15) is 26.3 Å². The molecule has 0 spiro atoms. The molecule has 168 valence electrons. The van der Waals surface area contributed by atoms with Crippen molar-refractivity contribution in [3.63, 3.8) is 0 Å². The summed E-state index contributed by atoms with van der Waals surface area (Å²) in [5, 5.41) is 0. The Morgan fingerprint density at radius 1 is 1.00 bits per heavy atom. The number of halogens is 6. The van der Waals surface area contributed by atoms with Gasteiger partial charge in [0.25, 0.3) is 0 Å². The Morgan fingerprint density at radius 3 is 2.16 bits per heavy atom. The molecule has 0 radical (unpaired) electrons. The van der Waals surface area contributed by atoms with Crippen molar-refractivity contribution >= 4 is 5.97 Å². The first-order valence-electron chi connectivity index (χ1n) is 9.56. The Hall–Kier alpha value is -2.71. The van der Waals surface area contributed by atoms with Gasteiger partial charge in [0.1, 0.15) is 5.75 Å². The summed E-state index contributed by atoms with van der Waals surface area (Å²) in [5.74, 6) is -1.05. The molecular formula is C22H20F6O3. The van der Waals surface area contributed by atoms with E-state index in [2.05, 4.69) is 0 Å². The molecule has 0 heterocycles. The zero-order valence-corrected chi connectivity index (χ0v) is 16.5. The molecule has 1 aliphatic rings. The highest BCUT2D eigenvalue weighted by molar-refractivity contribution is 5.79. The Bertz CT molecular complexity index is 914. The highest BCUT2D eigenvalue weighted by Crippen LogP contribution is 2.41. The van der Waals surface area contributed by atoms with Gasteiger partial charge in [-0.25, -0.2) is 0 Å². The number of rotatable bonds is 7. The first-order valence-corrected chi connectivity index (χ1v) is 9.56. The molecule has 1 fully saturated rings. The van der Waals surface area contributed by atoms with E-state index in [0.29, 0.717) is 29.0 Å². The van der Waals surface area contributed by atoms with Gasteiger partial charge in [-0.15, -0.1) is 0 Å². The van der Waals surface area contributed by atoms with Gasteiger partial charge in [0.15, 0.2) is 6.61 Å². The van der Waals surface area contributed by atoms with Crippen LogP contribution in [-0.2, 0) is 15.7 Å². The minimum atomic E-state index is -4.57. The predicted octanol–water partition coefficient (Wildman–Crippen LogP) is 6.37. The molecule has 2 aromatic rings. The molecular weight excluding hydrogens is 426 g/mol. The van der Waals surface area contributed by atoms with Crippen molar-refractivity contribution in [2.24, 2.45) is 5.92 Å². The predicted molar refractivity (Wildman–Crippen MR) is 101 cm³/mol. The van der Waals surface area contributed by atoms with E-state index in [-0.39, 0.29) is 5.75 Å². The van der Waals surface area contributed by atoms with E-state index in [1.807, 2.05) is 0 Å². The highest BCUT2D eigenvalue weighted by Gasteiger charge is 2.33. The number of hydrogen-bond donors (Lipinski definition) is 0. The van der Waals surface area contributed by atoms with Crippen molar-refractivity contribution in [1.29, 1.82) is 0 Å². The van der Waals surface area contributed by atoms with Crippen molar-refractivity contribution < 1.29 is 40.6 Å². The van der Waals surface area contributed by atoms with Crippen molar-refractivity contribution in [2.45, 2.75) is 37.5 Å². The molecule has 1 aliphatic carbocycles. The number of methoxy groups -OCH3 is 1. The number of hydrogen-bond acceptors (Lipinski definition) is 3. The number of carbonyl (C=O) groups excluding carboxylic acids is 1. The summed E-state index contributed by atoms with van der Waals surface area (Å²) < 4.78 is 86.2. The number of benzene rings is 2. The maximum Gasteiger partial charge on any atom is 0.422 e. The molecule has 1 saturated carbocycles.